The van der Waals surface area contributed by atoms with Gasteiger partial charge in [0.25, 0.3) is 0 Å². The topological polar surface area (TPSA) is 49.9 Å². The van der Waals surface area contributed by atoms with Crippen molar-refractivity contribution in [2.75, 3.05) is 0 Å². The number of aliphatic imine (C=N–C) groups is 2. The van der Waals surface area contributed by atoms with Gasteiger partial charge in [0.1, 0.15) is 23.2 Å². The second kappa shape index (κ2) is 14.5. The zero-order chi connectivity index (χ0) is 40.3. The van der Waals surface area contributed by atoms with Crippen LogP contribution in [0.25, 0.3) is 76.5 Å². The molecule has 61 heavy (non-hydrogen) atoms. The Labute approximate surface area is 353 Å². The highest BCUT2D eigenvalue weighted by Crippen LogP contribution is 2.43. The van der Waals surface area contributed by atoms with Crippen molar-refractivity contribution in [2.45, 2.75) is 19.0 Å². The number of nitrogens with one attached hydrogen (secondary N) is 1. The average molecular weight is 782 g/mol. The third-order valence-electron chi connectivity index (χ3n) is 12.4. The van der Waals surface area contributed by atoms with Crippen molar-refractivity contribution in [3.63, 3.8) is 0 Å². The lowest BCUT2D eigenvalue weighted by atomic mass is 9.83. The molecule has 2 heterocycles. The number of furan rings is 1. The highest BCUT2D eigenvalue weighted by atomic mass is 16.3. The third-order valence-corrected chi connectivity index (χ3v) is 12.4. The van der Waals surface area contributed by atoms with Crippen LogP contribution >= 0.6 is 0 Å². The van der Waals surface area contributed by atoms with Crippen LogP contribution in [0.3, 0.4) is 0 Å². The van der Waals surface area contributed by atoms with Gasteiger partial charge < -0.3 is 9.73 Å². The molecule has 0 radical (unpaired) electrons. The van der Waals surface area contributed by atoms with Crippen molar-refractivity contribution < 1.29 is 4.42 Å². The van der Waals surface area contributed by atoms with E-state index in [1.807, 2.05) is 36.4 Å². The van der Waals surface area contributed by atoms with Crippen LogP contribution in [0.5, 0.6) is 0 Å². The van der Waals surface area contributed by atoms with E-state index >= 15 is 0 Å². The SMILES string of the molecule is C1=CC(c2ccc3c4ccccc4c4ccccc4c3c2)=C(c2ccccc2-c2ccc3oc4cc(C5=NC(c6ccccc6)NC(c6ccccc6)=N5)ccc4c3c2)CC1. The van der Waals surface area contributed by atoms with Crippen LogP contribution in [0.2, 0.25) is 0 Å². The Morgan fingerprint density at radius 3 is 1.84 bits per heavy atom. The molecule has 2 aliphatic rings. The quantitative estimate of drug-likeness (QED) is 0.171. The fourth-order valence-electron chi connectivity index (χ4n) is 9.50. The van der Waals surface area contributed by atoms with Gasteiger partial charge in [0.05, 0.1) is 0 Å². The van der Waals surface area contributed by atoms with Gasteiger partial charge >= 0.3 is 0 Å². The smallest absolute Gasteiger partial charge is 0.159 e. The van der Waals surface area contributed by atoms with Gasteiger partial charge in [-0.15, -0.1) is 0 Å². The molecule has 0 fully saturated rings. The maximum atomic E-state index is 6.57. The minimum Gasteiger partial charge on any atom is -0.456 e. The first-order chi connectivity index (χ1) is 30.2. The number of fused-ring (bicyclic) bond motifs is 9. The van der Waals surface area contributed by atoms with Crippen molar-refractivity contribution >= 4 is 77.1 Å². The Balaban J connectivity index is 0.948. The van der Waals surface area contributed by atoms with Gasteiger partial charge in [0.15, 0.2) is 5.84 Å². The molecule has 0 saturated heterocycles. The Hall–Kier alpha value is -7.82. The molecule has 1 N–H and O–H groups in total. The highest BCUT2D eigenvalue weighted by Gasteiger charge is 2.23. The number of hydrogen-bond donors (Lipinski definition) is 1. The molecule has 4 nitrogen and oxygen atoms in total. The molecule has 0 spiro atoms. The second-order valence-electron chi connectivity index (χ2n) is 16.0. The van der Waals surface area contributed by atoms with Gasteiger partial charge in [0.2, 0.25) is 0 Å². The van der Waals surface area contributed by atoms with E-state index in [2.05, 4.69) is 169 Å². The van der Waals surface area contributed by atoms with Gasteiger partial charge in [-0.25, -0.2) is 9.98 Å². The molecule has 288 valence electrons. The van der Waals surface area contributed by atoms with E-state index in [1.54, 1.807) is 0 Å². The molecule has 1 unspecified atom stereocenters. The van der Waals surface area contributed by atoms with E-state index in [0.29, 0.717) is 5.84 Å². The van der Waals surface area contributed by atoms with Crippen molar-refractivity contribution in [1.82, 2.24) is 5.32 Å². The summed E-state index contributed by atoms with van der Waals surface area (Å²) in [4.78, 5) is 10.1. The summed E-state index contributed by atoms with van der Waals surface area (Å²) in [6, 6.07) is 67.1. The number of rotatable bonds is 6. The molecule has 12 rings (SSSR count). The highest BCUT2D eigenvalue weighted by molar-refractivity contribution is 6.26. The maximum absolute atomic E-state index is 6.57. The molecule has 9 aromatic carbocycles. The molecular weight excluding hydrogens is 743 g/mol. The van der Waals surface area contributed by atoms with E-state index in [-0.39, 0.29) is 6.17 Å². The van der Waals surface area contributed by atoms with Crippen LogP contribution < -0.4 is 5.32 Å². The molecular formula is C57H39N3O. The number of hydrogen-bond acceptors (Lipinski definition) is 4. The number of allylic oxidation sites excluding steroid dienone is 4. The standard InChI is InChI=1S/C57H39N3O/c1-3-15-36(16-4-1)55-58-56(37-17-5-2-6-18-37)60-57(59-55)40-28-31-50-52-34-39(29-32-53(52)61-54(50)35-40)42-20-8-10-22-44(42)43-21-9-7-19-41(43)38-27-30-49-47-25-12-11-23-45(47)46-24-13-14-26-48(46)51(49)33-38/h1-8,10-20,22-35,55H,9,21H2,(H,58,59,60). The molecule has 1 atom stereocenters. The van der Waals surface area contributed by atoms with Crippen molar-refractivity contribution in [1.29, 1.82) is 0 Å². The van der Waals surface area contributed by atoms with Crippen LogP contribution in [-0.2, 0) is 0 Å². The van der Waals surface area contributed by atoms with Gasteiger partial charge in [-0.05, 0) is 114 Å². The predicted molar refractivity (Wildman–Crippen MR) is 255 cm³/mol. The number of amidine groups is 2. The number of benzene rings is 9. The molecule has 0 amide bonds. The largest absolute Gasteiger partial charge is 0.456 e. The molecule has 10 aromatic rings. The first-order valence-electron chi connectivity index (χ1n) is 21.1. The van der Waals surface area contributed by atoms with Gasteiger partial charge in [-0.3, -0.25) is 0 Å². The first kappa shape index (κ1) is 35.2. The summed E-state index contributed by atoms with van der Waals surface area (Å²) in [5, 5.41) is 13.5. The van der Waals surface area contributed by atoms with E-state index < -0.39 is 0 Å². The molecule has 0 bridgehead atoms. The average Bonchev–Trinajstić information content (AvgIpc) is 3.71. The zero-order valence-corrected chi connectivity index (χ0v) is 33.3. The first-order valence-corrected chi connectivity index (χ1v) is 21.1. The Morgan fingerprint density at radius 2 is 1.07 bits per heavy atom. The summed E-state index contributed by atoms with van der Waals surface area (Å²) in [5.41, 5.74) is 12.2. The van der Waals surface area contributed by atoms with Crippen molar-refractivity contribution in [2.24, 2.45) is 9.98 Å². The summed E-state index contributed by atoms with van der Waals surface area (Å²) >= 11 is 0. The van der Waals surface area contributed by atoms with Gasteiger partial charge in [-0.1, -0.05) is 170 Å². The van der Waals surface area contributed by atoms with Crippen LogP contribution in [0.1, 0.15) is 46.8 Å². The van der Waals surface area contributed by atoms with Gasteiger partial charge in [-0.2, -0.15) is 0 Å². The number of nitrogens with zero attached hydrogens (tertiary/aromatic N) is 2. The fourth-order valence-corrected chi connectivity index (χ4v) is 9.50. The van der Waals surface area contributed by atoms with Crippen molar-refractivity contribution in [3.05, 3.63) is 228 Å². The molecule has 4 heteroatoms. The molecule has 0 saturated carbocycles. The fraction of sp³-hybridized carbons (Fsp3) is 0.0526. The summed E-state index contributed by atoms with van der Waals surface area (Å²) in [5.74, 6) is 1.46. The third kappa shape index (κ3) is 6.07. The monoisotopic (exact) mass is 781 g/mol. The predicted octanol–water partition coefficient (Wildman–Crippen LogP) is 14.5. The Morgan fingerprint density at radius 1 is 0.459 bits per heavy atom. The van der Waals surface area contributed by atoms with Crippen LogP contribution in [-0.4, -0.2) is 11.7 Å². The zero-order valence-electron chi connectivity index (χ0n) is 33.3. The summed E-state index contributed by atoms with van der Waals surface area (Å²) in [6.07, 6.45) is 6.37. The molecule has 1 aliphatic heterocycles. The Kier molecular flexibility index (Phi) is 8.34. The summed E-state index contributed by atoms with van der Waals surface area (Å²) in [7, 11) is 0. The minimum absolute atomic E-state index is 0.269. The normalized spacial score (nSPS) is 15.4. The second-order valence-corrected chi connectivity index (χ2v) is 16.0. The molecule has 1 aromatic heterocycles. The van der Waals surface area contributed by atoms with Crippen LogP contribution in [0, 0.1) is 0 Å². The van der Waals surface area contributed by atoms with Crippen LogP contribution in [0.4, 0.5) is 0 Å². The van der Waals surface area contributed by atoms with Gasteiger partial charge in [0, 0.05) is 21.9 Å². The van der Waals surface area contributed by atoms with Crippen LogP contribution in [0.15, 0.2) is 215 Å². The van der Waals surface area contributed by atoms with E-state index in [9.17, 15) is 0 Å². The summed E-state index contributed by atoms with van der Waals surface area (Å²) < 4.78 is 6.57. The van der Waals surface area contributed by atoms with E-state index in [1.165, 1.54) is 60.2 Å². The Bertz CT molecular complexity index is 3460. The van der Waals surface area contributed by atoms with E-state index in [4.69, 9.17) is 14.4 Å². The summed E-state index contributed by atoms with van der Waals surface area (Å²) in [6.45, 7) is 0. The minimum atomic E-state index is -0.269. The maximum Gasteiger partial charge on any atom is 0.159 e. The lowest BCUT2D eigenvalue weighted by molar-refractivity contribution is 0.667. The lowest BCUT2D eigenvalue weighted by Crippen LogP contribution is -2.33. The lowest BCUT2D eigenvalue weighted by Gasteiger charge is -2.23. The molecule has 1 aliphatic carbocycles. The van der Waals surface area contributed by atoms with Crippen molar-refractivity contribution in [3.8, 4) is 11.1 Å². The van der Waals surface area contributed by atoms with E-state index in [0.717, 1.165) is 62.9 Å².